The van der Waals surface area contributed by atoms with Gasteiger partial charge in [-0.15, -0.1) is 0 Å². The molecule has 1 amide bonds. The van der Waals surface area contributed by atoms with Crippen LogP contribution in [0.15, 0.2) is 54.6 Å². The Balaban J connectivity index is 1.45. The summed E-state index contributed by atoms with van der Waals surface area (Å²) in [4.78, 5) is 30.1. The van der Waals surface area contributed by atoms with Gasteiger partial charge in [0.05, 0.1) is 19.8 Å². The normalized spacial score (nSPS) is 13.7. The monoisotopic (exact) mass is 418 g/mol. The molecule has 0 atom stereocenters. The Morgan fingerprint density at radius 1 is 0.968 bits per heavy atom. The first-order valence-corrected chi connectivity index (χ1v) is 10.3. The summed E-state index contributed by atoms with van der Waals surface area (Å²) in [7, 11) is 3.77. The fraction of sp³-hybridized carbons (Fsp3) is 0.304. The molecule has 0 bridgehead atoms. The van der Waals surface area contributed by atoms with Crippen molar-refractivity contribution in [3.05, 3.63) is 66.0 Å². The third-order valence-electron chi connectivity index (χ3n) is 5.01. The van der Waals surface area contributed by atoms with E-state index in [1.807, 2.05) is 73.6 Å². The topological polar surface area (TPSA) is 83.5 Å². The number of hydrogen-bond acceptors (Lipinski definition) is 7. The fourth-order valence-corrected chi connectivity index (χ4v) is 3.29. The number of morpholine rings is 1. The zero-order chi connectivity index (χ0) is 21.6. The maximum Gasteiger partial charge on any atom is 0.251 e. The van der Waals surface area contributed by atoms with Gasteiger partial charge in [0.2, 0.25) is 11.9 Å². The molecule has 0 unspecified atom stereocenters. The highest BCUT2D eigenvalue weighted by molar-refractivity contribution is 5.94. The summed E-state index contributed by atoms with van der Waals surface area (Å²) < 4.78 is 5.41. The van der Waals surface area contributed by atoms with E-state index in [1.54, 1.807) is 0 Å². The minimum absolute atomic E-state index is 0.167. The predicted octanol–water partition coefficient (Wildman–Crippen LogP) is 2.37. The van der Waals surface area contributed by atoms with Crippen molar-refractivity contribution in [1.29, 1.82) is 0 Å². The van der Waals surface area contributed by atoms with Crippen LogP contribution in [0.25, 0.3) is 11.1 Å². The van der Waals surface area contributed by atoms with Gasteiger partial charge < -0.3 is 19.9 Å². The van der Waals surface area contributed by atoms with E-state index in [-0.39, 0.29) is 12.5 Å². The highest BCUT2D eigenvalue weighted by Crippen LogP contribution is 2.19. The zero-order valence-electron chi connectivity index (χ0n) is 17.8. The van der Waals surface area contributed by atoms with E-state index >= 15 is 0 Å². The van der Waals surface area contributed by atoms with E-state index in [0.717, 1.165) is 24.2 Å². The van der Waals surface area contributed by atoms with Crippen LogP contribution in [0.1, 0.15) is 16.2 Å². The van der Waals surface area contributed by atoms with Gasteiger partial charge in [-0.05, 0) is 23.3 Å². The van der Waals surface area contributed by atoms with Crippen LogP contribution < -0.4 is 15.1 Å². The Labute approximate surface area is 181 Å². The molecule has 1 fully saturated rings. The van der Waals surface area contributed by atoms with Crippen molar-refractivity contribution in [2.75, 3.05) is 50.2 Å². The van der Waals surface area contributed by atoms with Crippen LogP contribution in [0, 0.1) is 0 Å². The number of nitrogens with one attached hydrogen (secondary N) is 1. The Bertz CT molecular complexity index is 1020. The van der Waals surface area contributed by atoms with E-state index in [9.17, 15) is 4.79 Å². The van der Waals surface area contributed by atoms with Gasteiger partial charge in [-0.25, -0.2) is 0 Å². The van der Waals surface area contributed by atoms with Gasteiger partial charge in [-0.1, -0.05) is 42.5 Å². The molecule has 1 aromatic heterocycles. The fourth-order valence-electron chi connectivity index (χ4n) is 3.29. The molecule has 160 valence electrons. The summed E-state index contributed by atoms with van der Waals surface area (Å²) in [6, 6.07) is 17.6. The number of aromatic nitrogens is 3. The molecular formula is C23H26N6O2. The lowest BCUT2D eigenvalue weighted by atomic mass is 10.0. The molecule has 31 heavy (non-hydrogen) atoms. The Morgan fingerprint density at radius 2 is 1.65 bits per heavy atom. The minimum atomic E-state index is -0.167. The molecule has 1 aliphatic rings. The number of carbonyl (C=O) groups excluding carboxylic acids is 1. The molecule has 8 heteroatoms. The molecule has 0 saturated carbocycles. The molecule has 0 spiro atoms. The van der Waals surface area contributed by atoms with Crippen molar-refractivity contribution < 1.29 is 9.53 Å². The van der Waals surface area contributed by atoms with E-state index in [2.05, 4.69) is 25.2 Å². The lowest BCUT2D eigenvalue weighted by Crippen LogP contribution is -2.38. The lowest BCUT2D eigenvalue weighted by molar-refractivity contribution is 0.0950. The van der Waals surface area contributed by atoms with Gasteiger partial charge in [0.25, 0.3) is 5.91 Å². The maximum atomic E-state index is 12.7. The van der Waals surface area contributed by atoms with E-state index in [4.69, 9.17) is 4.74 Å². The molecule has 0 radical (unpaired) electrons. The number of ether oxygens (including phenoxy) is 1. The summed E-state index contributed by atoms with van der Waals surface area (Å²) in [5.74, 6) is 1.53. The SMILES string of the molecule is CN(C)c1nc(CNC(=O)c2ccc(-c3ccccc3)cc2)nc(N2CCOCC2)n1. The van der Waals surface area contributed by atoms with Gasteiger partial charge in [0.1, 0.15) is 0 Å². The van der Waals surface area contributed by atoms with E-state index in [1.165, 1.54) is 0 Å². The third kappa shape index (κ3) is 5.16. The van der Waals surface area contributed by atoms with Gasteiger partial charge in [-0.2, -0.15) is 15.0 Å². The number of benzene rings is 2. The van der Waals surface area contributed by atoms with Crippen LogP contribution in [0.4, 0.5) is 11.9 Å². The number of rotatable bonds is 6. The predicted molar refractivity (Wildman–Crippen MR) is 120 cm³/mol. The molecule has 1 saturated heterocycles. The number of hydrogen-bond donors (Lipinski definition) is 1. The molecule has 2 aromatic carbocycles. The standard InChI is InChI=1S/C23H26N6O2/c1-28(2)22-25-20(26-23(27-22)29-12-14-31-15-13-29)16-24-21(30)19-10-8-18(9-11-19)17-6-4-3-5-7-17/h3-11H,12-16H2,1-2H3,(H,24,30). The third-order valence-corrected chi connectivity index (χ3v) is 5.01. The van der Waals surface area contributed by atoms with Crippen LogP contribution in [0.2, 0.25) is 0 Å². The molecule has 1 N–H and O–H groups in total. The molecule has 1 aliphatic heterocycles. The van der Waals surface area contributed by atoms with Crippen LogP contribution in [0.5, 0.6) is 0 Å². The van der Waals surface area contributed by atoms with Crippen LogP contribution >= 0.6 is 0 Å². The summed E-state index contributed by atoms with van der Waals surface area (Å²) in [5, 5.41) is 2.92. The molecule has 4 rings (SSSR count). The molecular weight excluding hydrogens is 392 g/mol. The first-order chi connectivity index (χ1) is 15.1. The highest BCUT2D eigenvalue weighted by Gasteiger charge is 2.17. The van der Waals surface area contributed by atoms with Crippen LogP contribution in [-0.2, 0) is 11.3 Å². The second kappa shape index (κ2) is 9.53. The molecule has 8 nitrogen and oxygen atoms in total. The second-order valence-corrected chi connectivity index (χ2v) is 7.47. The summed E-state index contributed by atoms with van der Waals surface area (Å²) >= 11 is 0. The number of carbonyl (C=O) groups is 1. The van der Waals surface area contributed by atoms with Crippen molar-refractivity contribution >= 4 is 17.8 Å². The van der Waals surface area contributed by atoms with Crippen molar-refractivity contribution in [2.45, 2.75) is 6.54 Å². The summed E-state index contributed by atoms with van der Waals surface area (Å²) in [5.41, 5.74) is 2.78. The molecule has 0 aliphatic carbocycles. The quantitative estimate of drug-likeness (QED) is 0.658. The summed E-state index contributed by atoms with van der Waals surface area (Å²) in [6.07, 6.45) is 0. The smallest absolute Gasteiger partial charge is 0.251 e. The maximum absolute atomic E-state index is 12.7. The average molecular weight is 419 g/mol. The van der Waals surface area contributed by atoms with Crippen molar-refractivity contribution in [1.82, 2.24) is 20.3 Å². The van der Waals surface area contributed by atoms with Crippen LogP contribution in [-0.4, -0.2) is 61.3 Å². The molecule has 2 heterocycles. The number of amides is 1. The average Bonchev–Trinajstić information content (AvgIpc) is 2.83. The van der Waals surface area contributed by atoms with Gasteiger partial charge in [0.15, 0.2) is 5.82 Å². The molecule has 3 aromatic rings. The largest absolute Gasteiger partial charge is 0.378 e. The van der Waals surface area contributed by atoms with Crippen molar-refractivity contribution in [3.63, 3.8) is 0 Å². The Hall–Kier alpha value is -3.52. The Morgan fingerprint density at radius 3 is 2.32 bits per heavy atom. The van der Waals surface area contributed by atoms with Crippen molar-refractivity contribution in [2.24, 2.45) is 0 Å². The second-order valence-electron chi connectivity index (χ2n) is 7.47. The number of anilines is 2. The number of nitrogens with zero attached hydrogens (tertiary/aromatic N) is 5. The zero-order valence-corrected chi connectivity index (χ0v) is 17.8. The van der Waals surface area contributed by atoms with Gasteiger partial charge >= 0.3 is 0 Å². The van der Waals surface area contributed by atoms with E-state index in [0.29, 0.717) is 36.5 Å². The van der Waals surface area contributed by atoms with E-state index < -0.39 is 0 Å². The van der Waals surface area contributed by atoms with Gasteiger partial charge in [-0.3, -0.25) is 4.79 Å². The summed E-state index contributed by atoms with van der Waals surface area (Å²) in [6.45, 7) is 2.98. The van der Waals surface area contributed by atoms with Crippen molar-refractivity contribution in [3.8, 4) is 11.1 Å². The first kappa shape index (κ1) is 20.7. The highest BCUT2D eigenvalue weighted by atomic mass is 16.5. The Kier molecular flexibility index (Phi) is 6.37. The van der Waals surface area contributed by atoms with Crippen LogP contribution in [0.3, 0.4) is 0 Å². The van der Waals surface area contributed by atoms with Gasteiger partial charge in [0, 0.05) is 32.7 Å². The minimum Gasteiger partial charge on any atom is -0.378 e. The lowest BCUT2D eigenvalue weighted by Gasteiger charge is -2.27. The first-order valence-electron chi connectivity index (χ1n) is 10.3.